The Hall–Kier alpha value is 0.110. The molecule has 0 spiro atoms. The van der Waals surface area contributed by atoms with E-state index in [0.717, 1.165) is 12.9 Å². The van der Waals surface area contributed by atoms with Crippen LogP contribution in [0.15, 0.2) is 0 Å². The molecule has 60 valence electrons. The molecule has 1 rings (SSSR count). The van der Waals surface area contributed by atoms with Gasteiger partial charge in [0.1, 0.15) is 6.29 Å². The summed E-state index contributed by atoms with van der Waals surface area (Å²) in [4.78, 5) is 9.13. The Morgan fingerprint density at radius 2 is 2.40 bits per heavy atom. The number of alkyl halides is 1. The highest BCUT2D eigenvalue weighted by atomic mass is 79.9. The second-order valence-electron chi connectivity index (χ2n) is 2.14. The average molecular weight is 209 g/mol. The van der Waals surface area contributed by atoms with Gasteiger partial charge in [0.2, 0.25) is 0 Å². The second kappa shape index (κ2) is 7.22. The van der Waals surface area contributed by atoms with Crippen LogP contribution >= 0.6 is 15.9 Å². The summed E-state index contributed by atoms with van der Waals surface area (Å²) in [6.45, 7) is 3.11. The Labute approximate surface area is 70.1 Å². The summed E-state index contributed by atoms with van der Waals surface area (Å²) in [5.41, 5.74) is 0. The van der Waals surface area contributed by atoms with Gasteiger partial charge in [0.25, 0.3) is 0 Å². The summed E-state index contributed by atoms with van der Waals surface area (Å²) < 4.78 is 5.15. The zero-order chi connectivity index (χ0) is 7.82. The third-order valence-electron chi connectivity index (χ3n) is 1.22. The average Bonchev–Trinajstić information content (AvgIpc) is 2.40. The Bertz CT molecular complexity index is 79.7. The maximum absolute atomic E-state index is 9.13. The molecule has 0 aromatic rings. The highest BCUT2D eigenvalue weighted by molar-refractivity contribution is 9.09. The highest BCUT2D eigenvalue weighted by Crippen LogP contribution is 2.09. The monoisotopic (exact) mass is 208 g/mol. The molecular formula is C7H13BrO2. The minimum atomic E-state index is 0.451. The lowest BCUT2D eigenvalue weighted by Gasteiger charge is -1.94. The van der Waals surface area contributed by atoms with Gasteiger partial charge in [-0.2, -0.15) is 0 Å². The fourth-order valence-electron chi connectivity index (χ4n) is 0.739. The molecule has 1 aliphatic heterocycles. The van der Waals surface area contributed by atoms with Gasteiger partial charge in [0, 0.05) is 6.61 Å². The van der Waals surface area contributed by atoms with Crippen molar-refractivity contribution < 1.29 is 9.53 Å². The predicted octanol–water partition coefficient (Wildman–Crippen LogP) is 1.77. The maximum Gasteiger partial charge on any atom is 0.130 e. The largest absolute Gasteiger partial charge is 0.379 e. The molecule has 0 aromatic heterocycles. The summed E-state index contributed by atoms with van der Waals surface area (Å²) in [5.74, 6) is 0. The van der Waals surface area contributed by atoms with Gasteiger partial charge >= 0.3 is 0 Å². The van der Waals surface area contributed by atoms with Crippen LogP contribution in [0.2, 0.25) is 0 Å². The number of carbonyl (C=O) groups is 1. The fraction of sp³-hybridized carbons (Fsp3) is 0.857. The van der Waals surface area contributed by atoms with Crippen LogP contribution in [0.4, 0.5) is 0 Å². The lowest BCUT2D eigenvalue weighted by atomic mass is 10.3. The van der Waals surface area contributed by atoms with E-state index in [0.29, 0.717) is 11.4 Å². The van der Waals surface area contributed by atoms with E-state index in [4.69, 9.17) is 9.53 Å². The van der Waals surface area contributed by atoms with E-state index in [9.17, 15) is 0 Å². The fourth-order valence-corrected chi connectivity index (χ4v) is 0.739. The normalized spacial score (nSPS) is 23.2. The standard InChI is InChI=1S/C5H10O.C2H3BrO/c1-5-3-2-4-6-5;3-1-2-4/h5H,2-4H2,1H3;2H,1H2. The summed E-state index contributed by atoms with van der Waals surface area (Å²) in [6.07, 6.45) is 3.87. The molecule has 2 nitrogen and oxygen atoms in total. The molecule has 0 amide bonds. The maximum atomic E-state index is 9.13. The number of carbonyl (C=O) groups excluding carboxylic acids is 1. The first-order valence-electron chi connectivity index (χ1n) is 3.42. The summed E-state index contributed by atoms with van der Waals surface area (Å²) in [5, 5.41) is 0.451. The van der Waals surface area contributed by atoms with Gasteiger partial charge in [-0.3, -0.25) is 0 Å². The smallest absolute Gasteiger partial charge is 0.130 e. The lowest BCUT2D eigenvalue weighted by Crippen LogP contribution is -1.94. The predicted molar refractivity (Wildman–Crippen MR) is 44.5 cm³/mol. The molecule has 0 radical (unpaired) electrons. The molecule has 0 N–H and O–H groups in total. The van der Waals surface area contributed by atoms with E-state index in [-0.39, 0.29) is 0 Å². The summed E-state index contributed by atoms with van der Waals surface area (Å²) in [6, 6.07) is 0. The van der Waals surface area contributed by atoms with Crippen LogP contribution in [0.3, 0.4) is 0 Å². The van der Waals surface area contributed by atoms with Crippen LogP contribution in [0.25, 0.3) is 0 Å². The van der Waals surface area contributed by atoms with E-state index in [1.807, 2.05) is 0 Å². The summed E-state index contributed by atoms with van der Waals surface area (Å²) in [7, 11) is 0. The first kappa shape index (κ1) is 10.1. The zero-order valence-corrected chi connectivity index (χ0v) is 7.76. The molecule has 1 aliphatic rings. The topological polar surface area (TPSA) is 26.3 Å². The molecule has 0 aromatic carbocycles. The lowest BCUT2D eigenvalue weighted by molar-refractivity contribution is -0.105. The molecule has 3 heteroatoms. The number of ether oxygens (including phenoxy) is 1. The van der Waals surface area contributed by atoms with Crippen molar-refractivity contribution in [2.24, 2.45) is 0 Å². The first-order chi connectivity index (χ1) is 4.81. The Morgan fingerprint density at radius 3 is 2.50 bits per heavy atom. The van der Waals surface area contributed by atoms with Gasteiger partial charge < -0.3 is 9.53 Å². The molecule has 1 heterocycles. The zero-order valence-electron chi connectivity index (χ0n) is 6.18. The van der Waals surface area contributed by atoms with Crippen molar-refractivity contribution in [3.8, 4) is 0 Å². The van der Waals surface area contributed by atoms with Crippen molar-refractivity contribution in [1.29, 1.82) is 0 Å². The first-order valence-corrected chi connectivity index (χ1v) is 4.54. The van der Waals surface area contributed by atoms with Gasteiger partial charge in [0.05, 0.1) is 11.4 Å². The van der Waals surface area contributed by atoms with Crippen molar-refractivity contribution >= 4 is 22.2 Å². The van der Waals surface area contributed by atoms with E-state index in [2.05, 4.69) is 22.9 Å². The van der Waals surface area contributed by atoms with Gasteiger partial charge in [-0.1, -0.05) is 15.9 Å². The molecule has 0 saturated carbocycles. The number of hydrogen-bond donors (Lipinski definition) is 0. The van der Waals surface area contributed by atoms with Crippen molar-refractivity contribution in [3.63, 3.8) is 0 Å². The second-order valence-corrected chi connectivity index (χ2v) is 2.79. The van der Waals surface area contributed by atoms with E-state index in [1.54, 1.807) is 0 Å². The molecule has 0 bridgehead atoms. The van der Waals surface area contributed by atoms with Gasteiger partial charge in [-0.25, -0.2) is 0 Å². The van der Waals surface area contributed by atoms with Gasteiger partial charge in [-0.05, 0) is 19.8 Å². The van der Waals surface area contributed by atoms with E-state index < -0.39 is 0 Å². The summed E-state index contributed by atoms with van der Waals surface area (Å²) >= 11 is 2.88. The minimum absolute atomic E-state index is 0.451. The van der Waals surface area contributed by atoms with Crippen LogP contribution in [0.1, 0.15) is 19.8 Å². The Morgan fingerprint density at radius 1 is 1.80 bits per heavy atom. The number of hydrogen-bond acceptors (Lipinski definition) is 2. The molecule has 1 saturated heterocycles. The van der Waals surface area contributed by atoms with Gasteiger partial charge in [0.15, 0.2) is 0 Å². The van der Waals surface area contributed by atoms with Crippen molar-refractivity contribution in [1.82, 2.24) is 0 Å². The quantitative estimate of drug-likeness (QED) is 0.486. The molecule has 1 unspecified atom stereocenters. The third-order valence-corrected chi connectivity index (χ3v) is 1.48. The Kier molecular flexibility index (Phi) is 7.30. The van der Waals surface area contributed by atoms with Crippen molar-refractivity contribution in [2.45, 2.75) is 25.9 Å². The Balaban J connectivity index is 0.000000180. The molecule has 1 atom stereocenters. The molecular weight excluding hydrogens is 196 g/mol. The van der Waals surface area contributed by atoms with Crippen molar-refractivity contribution in [3.05, 3.63) is 0 Å². The van der Waals surface area contributed by atoms with Gasteiger partial charge in [-0.15, -0.1) is 0 Å². The third kappa shape index (κ3) is 6.23. The number of aldehydes is 1. The minimum Gasteiger partial charge on any atom is -0.379 e. The van der Waals surface area contributed by atoms with Crippen molar-refractivity contribution in [2.75, 3.05) is 11.9 Å². The highest BCUT2D eigenvalue weighted by Gasteiger charge is 2.07. The van der Waals surface area contributed by atoms with E-state index in [1.165, 1.54) is 12.8 Å². The van der Waals surface area contributed by atoms with Crippen LogP contribution in [0.5, 0.6) is 0 Å². The molecule has 0 aliphatic carbocycles. The van der Waals surface area contributed by atoms with Crippen LogP contribution < -0.4 is 0 Å². The van der Waals surface area contributed by atoms with Crippen LogP contribution in [-0.4, -0.2) is 24.3 Å². The molecule has 1 fully saturated rings. The van der Waals surface area contributed by atoms with Crippen LogP contribution in [0, 0.1) is 0 Å². The van der Waals surface area contributed by atoms with Crippen LogP contribution in [-0.2, 0) is 9.53 Å². The SMILES string of the molecule is CC1CCCO1.O=CCBr. The van der Waals surface area contributed by atoms with E-state index >= 15 is 0 Å². The number of rotatable bonds is 1. The molecule has 10 heavy (non-hydrogen) atoms. The number of halogens is 1.